The number of benzene rings is 2. The van der Waals surface area contributed by atoms with Gasteiger partial charge >= 0.3 is 0 Å². The van der Waals surface area contributed by atoms with Gasteiger partial charge in [0.1, 0.15) is 41.1 Å². The molecule has 278 valence electrons. The Kier molecular flexibility index (Phi) is 11.5. The highest BCUT2D eigenvalue weighted by atomic mass is 16.5. The predicted molar refractivity (Wildman–Crippen MR) is 201 cm³/mol. The van der Waals surface area contributed by atoms with Crippen molar-refractivity contribution < 1.29 is 28.6 Å². The van der Waals surface area contributed by atoms with Crippen molar-refractivity contribution in [1.82, 2.24) is 33.8 Å². The number of methoxy groups -OCH3 is 1. The highest BCUT2D eigenvalue weighted by molar-refractivity contribution is 6.03. The highest BCUT2D eigenvalue weighted by Gasteiger charge is 2.21. The van der Waals surface area contributed by atoms with Crippen molar-refractivity contribution in [2.45, 2.75) is 33.5 Å². The monoisotopic (exact) mass is 724 g/mol. The topological polar surface area (TPSA) is 186 Å². The molecule has 0 bridgehead atoms. The van der Waals surface area contributed by atoms with Gasteiger partial charge in [0.25, 0.3) is 5.91 Å². The second-order valence-corrected chi connectivity index (χ2v) is 12.4. The van der Waals surface area contributed by atoms with E-state index in [1.165, 1.54) is 7.11 Å². The first-order valence-corrected chi connectivity index (χ1v) is 17.4. The zero-order valence-electron chi connectivity index (χ0n) is 30.3. The van der Waals surface area contributed by atoms with Crippen LogP contribution in [-0.2, 0) is 24.4 Å². The summed E-state index contributed by atoms with van der Waals surface area (Å²) in [5.74, 6) is 0.788. The van der Waals surface area contributed by atoms with Crippen LogP contribution in [0, 0.1) is 6.92 Å². The molecule has 0 unspecified atom stereocenters. The molecule has 16 heteroatoms. The molecule has 4 heterocycles. The van der Waals surface area contributed by atoms with Crippen LogP contribution < -0.4 is 25.8 Å². The van der Waals surface area contributed by atoms with E-state index in [9.17, 15) is 14.4 Å². The summed E-state index contributed by atoms with van der Waals surface area (Å²) in [6.45, 7) is 9.24. The lowest BCUT2D eigenvalue weighted by atomic mass is 10.1. The van der Waals surface area contributed by atoms with Crippen LogP contribution in [0.1, 0.15) is 43.8 Å². The number of hydrogen-bond donors (Lipinski definition) is 3. The van der Waals surface area contributed by atoms with Gasteiger partial charge in [-0.25, -0.2) is 9.97 Å². The zero-order chi connectivity index (χ0) is 37.5. The number of aromatic nitrogens is 6. The van der Waals surface area contributed by atoms with E-state index in [1.807, 2.05) is 41.2 Å². The molecule has 5 aromatic rings. The Morgan fingerprint density at radius 1 is 0.925 bits per heavy atom. The van der Waals surface area contributed by atoms with Crippen molar-refractivity contribution in [3.05, 3.63) is 77.2 Å². The molecular weight excluding hydrogens is 680 g/mol. The van der Waals surface area contributed by atoms with Crippen LogP contribution in [0.15, 0.2) is 54.6 Å². The van der Waals surface area contributed by atoms with Gasteiger partial charge in [-0.3, -0.25) is 29.3 Å². The zero-order valence-corrected chi connectivity index (χ0v) is 30.3. The quantitative estimate of drug-likeness (QED) is 0.0997. The predicted octanol–water partition coefficient (Wildman–Crippen LogP) is 3.65. The number of carbonyl (C=O) groups excluding carboxylic acids is 3. The van der Waals surface area contributed by atoms with Crippen LogP contribution in [0.2, 0.25) is 0 Å². The van der Waals surface area contributed by atoms with Gasteiger partial charge in [0.2, 0.25) is 17.8 Å². The number of aldehydes is 1. The van der Waals surface area contributed by atoms with Gasteiger partial charge in [0.15, 0.2) is 0 Å². The van der Waals surface area contributed by atoms with Crippen molar-refractivity contribution in [2.75, 3.05) is 64.2 Å². The number of nitrogens with one attached hydrogen (secondary N) is 2. The lowest BCUT2D eigenvalue weighted by Crippen LogP contribution is -2.36. The average Bonchev–Trinajstić information content (AvgIpc) is 3.85. The van der Waals surface area contributed by atoms with E-state index in [0.717, 1.165) is 44.8 Å². The minimum atomic E-state index is -0.583. The average molecular weight is 725 g/mol. The number of rotatable bonds is 16. The molecule has 3 aromatic heterocycles. The summed E-state index contributed by atoms with van der Waals surface area (Å²) in [5.41, 5.74) is 9.81. The van der Waals surface area contributed by atoms with Crippen LogP contribution in [0.3, 0.4) is 0 Å². The van der Waals surface area contributed by atoms with Gasteiger partial charge in [-0.2, -0.15) is 5.10 Å². The van der Waals surface area contributed by atoms with Crippen molar-refractivity contribution in [3.63, 3.8) is 0 Å². The summed E-state index contributed by atoms with van der Waals surface area (Å²) in [6.07, 6.45) is 8.62. The molecule has 4 N–H and O–H groups in total. The molecule has 0 radical (unpaired) electrons. The van der Waals surface area contributed by atoms with Crippen LogP contribution >= 0.6 is 0 Å². The van der Waals surface area contributed by atoms with E-state index in [4.69, 9.17) is 29.9 Å². The summed E-state index contributed by atoms with van der Waals surface area (Å²) in [5, 5.41) is 10.5. The Morgan fingerprint density at radius 3 is 2.28 bits per heavy atom. The maximum Gasteiger partial charge on any atom is 0.276 e. The fraction of sp³-hybridized carbons (Fsp3) is 0.351. The molecule has 2 amide bonds. The van der Waals surface area contributed by atoms with E-state index in [0.29, 0.717) is 70.4 Å². The van der Waals surface area contributed by atoms with E-state index in [-0.39, 0.29) is 24.0 Å². The summed E-state index contributed by atoms with van der Waals surface area (Å²) in [4.78, 5) is 49.1. The fourth-order valence-corrected chi connectivity index (χ4v) is 6.31. The number of aryl methyl sites for hydroxylation is 2. The Balaban J connectivity index is 1.28. The van der Waals surface area contributed by atoms with Crippen molar-refractivity contribution in [1.29, 1.82) is 0 Å². The number of allylic oxidation sites excluding steroid dienone is 2. The number of fused-ring (bicyclic) bond motifs is 2. The van der Waals surface area contributed by atoms with Crippen molar-refractivity contribution >= 4 is 52.1 Å². The second-order valence-electron chi connectivity index (χ2n) is 12.4. The van der Waals surface area contributed by atoms with Gasteiger partial charge in [-0.05, 0) is 44.2 Å². The number of hydrogen-bond acceptors (Lipinski definition) is 11. The van der Waals surface area contributed by atoms with Crippen LogP contribution in [-0.4, -0.2) is 105 Å². The van der Waals surface area contributed by atoms with E-state index in [2.05, 4.69) is 26.7 Å². The van der Waals surface area contributed by atoms with Gasteiger partial charge in [0, 0.05) is 57.4 Å². The Hall–Kier alpha value is -6.00. The van der Waals surface area contributed by atoms with E-state index >= 15 is 0 Å². The van der Waals surface area contributed by atoms with Crippen molar-refractivity contribution in [3.8, 4) is 11.5 Å². The molecule has 0 atom stereocenters. The first kappa shape index (κ1) is 36.8. The van der Waals surface area contributed by atoms with Gasteiger partial charge in [-0.15, -0.1) is 0 Å². The van der Waals surface area contributed by atoms with Gasteiger partial charge in [0.05, 0.1) is 37.1 Å². The summed E-state index contributed by atoms with van der Waals surface area (Å²) < 4.78 is 22.7. The number of morpholine rings is 1. The first-order valence-electron chi connectivity index (χ1n) is 17.4. The molecule has 1 saturated heterocycles. The summed E-state index contributed by atoms with van der Waals surface area (Å²) in [7, 11) is 3.29. The fourth-order valence-electron chi connectivity index (χ4n) is 6.31. The smallest absolute Gasteiger partial charge is 0.276 e. The Labute approximate surface area is 306 Å². The summed E-state index contributed by atoms with van der Waals surface area (Å²) in [6, 6.07) is 8.29. The molecular formula is C37H44N10O6. The molecule has 0 saturated carbocycles. The molecule has 6 rings (SSSR count). The maximum absolute atomic E-state index is 13.5. The standard InChI is InChI=1S/C37H44N10O6/c1-5-47-29(18-24(2)43-47)35(50)42-37-41-27-19-25(23-48)20-30(51-4)32(27)46(37)12-7-6-11-45-33-28(40-36(45)39-3)21-26(34(38)49)22-31(33)53-15-9-8-10-44-13-16-52-17-14-44/h6-9,18-23H,5,10-17H2,1-4H3,(H2,38,49)(H,39,40)(H,41,42,50)/b7-6+,9-8-. The third-order valence-corrected chi connectivity index (χ3v) is 8.87. The van der Waals surface area contributed by atoms with Crippen LogP contribution in [0.4, 0.5) is 11.9 Å². The van der Waals surface area contributed by atoms with Crippen LogP contribution in [0.25, 0.3) is 22.1 Å². The number of amides is 2. The van der Waals surface area contributed by atoms with Gasteiger partial charge < -0.3 is 34.4 Å². The molecule has 2 aromatic carbocycles. The lowest BCUT2D eigenvalue weighted by molar-refractivity contribution is 0.0434. The van der Waals surface area contributed by atoms with Gasteiger partial charge in [-0.1, -0.05) is 24.3 Å². The molecule has 16 nitrogen and oxygen atoms in total. The molecule has 1 aliphatic rings. The highest BCUT2D eigenvalue weighted by Crippen LogP contribution is 2.32. The third-order valence-electron chi connectivity index (χ3n) is 8.87. The summed E-state index contributed by atoms with van der Waals surface area (Å²) >= 11 is 0. The molecule has 1 fully saturated rings. The maximum atomic E-state index is 13.5. The number of anilines is 2. The van der Waals surface area contributed by atoms with Crippen molar-refractivity contribution in [2.24, 2.45) is 5.73 Å². The number of imidazole rings is 2. The minimum Gasteiger partial charge on any atom is -0.494 e. The van der Waals surface area contributed by atoms with E-state index < -0.39 is 5.91 Å². The molecule has 0 spiro atoms. The number of carbonyl (C=O) groups is 3. The number of nitrogens with two attached hydrogens (primary N) is 1. The first-order chi connectivity index (χ1) is 25.7. The Morgan fingerprint density at radius 2 is 1.60 bits per heavy atom. The second kappa shape index (κ2) is 16.6. The SMILES string of the molecule is CCn1nc(C)cc1C(=O)Nc1nc2cc(C=O)cc(OC)c2n1C/C=C/Cn1c(NC)nc2cc(C(N)=O)cc(OC/C=C\CN3CCOCC3)c21. The van der Waals surface area contributed by atoms with E-state index in [1.54, 1.807) is 42.1 Å². The lowest BCUT2D eigenvalue weighted by Gasteiger charge is -2.25. The minimum absolute atomic E-state index is 0.276. The molecule has 0 aliphatic carbocycles. The normalized spacial score (nSPS) is 13.7. The molecule has 1 aliphatic heterocycles. The molecule has 53 heavy (non-hydrogen) atoms. The number of primary amides is 1. The van der Waals surface area contributed by atoms with Crippen LogP contribution in [0.5, 0.6) is 11.5 Å². The largest absolute Gasteiger partial charge is 0.494 e. The Bertz CT molecular complexity index is 2190. The number of ether oxygens (including phenoxy) is 3. The number of nitrogens with zero attached hydrogens (tertiary/aromatic N) is 7. The third kappa shape index (κ3) is 8.08.